The normalized spacial score (nSPS) is 15.7. The molecule has 0 aliphatic carbocycles. The molecule has 0 amide bonds. The zero-order valence-electron chi connectivity index (χ0n) is 14.8. The maximum absolute atomic E-state index is 5.22. The van der Waals surface area contributed by atoms with Crippen LogP contribution in [0.5, 0.6) is 0 Å². The van der Waals surface area contributed by atoms with Crippen LogP contribution in [0.1, 0.15) is 32.4 Å². The zero-order chi connectivity index (χ0) is 17.4. The Kier molecular flexibility index (Phi) is 3.91. The fourth-order valence-electron chi connectivity index (χ4n) is 3.03. The monoisotopic (exact) mass is 341 g/mol. The molecule has 1 N–H and O–H groups in total. The SMILES string of the molecule is CC(C)(C)c1nnc2ccc(N3CC(CNCc4cnco4)C3)nn12. The molecule has 0 unspecified atom stereocenters. The van der Waals surface area contributed by atoms with E-state index in [1.54, 1.807) is 6.20 Å². The molecular weight excluding hydrogens is 318 g/mol. The highest BCUT2D eigenvalue weighted by Gasteiger charge is 2.28. The van der Waals surface area contributed by atoms with Gasteiger partial charge >= 0.3 is 0 Å². The summed E-state index contributed by atoms with van der Waals surface area (Å²) >= 11 is 0. The first-order valence-electron chi connectivity index (χ1n) is 8.57. The molecule has 0 aromatic carbocycles. The van der Waals surface area contributed by atoms with Crippen LogP contribution in [0, 0.1) is 5.92 Å². The molecule has 0 saturated carbocycles. The van der Waals surface area contributed by atoms with Crippen LogP contribution in [0.15, 0.2) is 29.1 Å². The van der Waals surface area contributed by atoms with E-state index in [9.17, 15) is 0 Å². The van der Waals surface area contributed by atoms with Gasteiger partial charge in [0.25, 0.3) is 0 Å². The van der Waals surface area contributed by atoms with Crippen molar-refractivity contribution in [2.75, 3.05) is 24.5 Å². The summed E-state index contributed by atoms with van der Waals surface area (Å²) in [6.45, 7) is 10.0. The molecule has 1 saturated heterocycles. The Labute approximate surface area is 146 Å². The van der Waals surface area contributed by atoms with Gasteiger partial charge in [-0.15, -0.1) is 15.3 Å². The highest BCUT2D eigenvalue weighted by molar-refractivity contribution is 5.47. The van der Waals surface area contributed by atoms with Gasteiger partial charge in [0.15, 0.2) is 17.9 Å². The Balaban J connectivity index is 1.37. The van der Waals surface area contributed by atoms with E-state index in [0.29, 0.717) is 5.92 Å². The number of fused-ring (bicyclic) bond motifs is 1. The van der Waals surface area contributed by atoms with Crippen LogP contribution in [-0.2, 0) is 12.0 Å². The van der Waals surface area contributed by atoms with Gasteiger partial charge in [0.05, 0.1) is 12.7 Å². The Morgan fingerprint density at radius 3 is 2.80 bits per heavy atom. The van der Waals surface area contributed by atoms with E-state index in [2.05, 4.69) is 46.2 Å². The summed E-state index contributed by atoms with van der Waals surface area (Å²) in [4.78, 5) is 6.20. The summed E-state index contributed by atoms with van der Waals surface area (Å²) in [6.07, 6.45) is 3.20. The maximum Gasteiger partial charge on any atom is 0.180 e. The lowest BCUT2D eigenvalue weighted by molar-refractivity contribution is 0.370. The van der Waals surface area contributed by atoms with Crippen molar-refractivity contribution in [2.24, 2.45) is 5.92 Å². The van der Waals surface area contributed by atoms with E-state index in [-0.39, 0.29) is 5.41 Å². The van der Waals surface area contributed by atoms with Crippen LogP contribution in [0.3, 0.4) is 0 Å². The standard InChI is InChI=1S/C17H23N7O/c1-17(2,3)16-21-20-14-4-5-15(22-24(14)16)23-9-12(10-23)6-18-7-13-8-19-11-25-13/h4-5,8,11-12,18H,6-7,9-10H2,1-3H3. The maximum atomic E-state index is 5.22. The molecule has 1 aliphatic heterocycles. The molecule has 3 aromatic rings. The predicted octanol–water partition coefficient (Wildman–Crippen LogP) is 1.64. The van der Waals surface area contributed by atoms with E-state index in [0.717, 1.165) is 49.2 Å². The number of anilines is 1. The van der Waals surface area contributed by atoms with Crippen molar-refractivity contribution < 1.29 is 4.42 Å². The van der Waals surface area contributed by atoms with Gasteiger partial charge in [-0.25, -0.2) is 4.98 Å². The number of oxazole rings is 1. The lowest BCUT2D eigenvalue weighted by atomic mass is 9.96. The largest absolute Gasteiger partial charge is 0.447 e. The van der Waals surface area contributed by atoms with Gasteiger partial charge in [0.1, 0.15) is 11.6 Å². The molecule has 0 radical (unpaired) electrons. The number of nitrogens with zero attached hydrogens (tertiary/aromatic N) is 6. The van der Waals surface area contributed by atoms with Crippen molar-refractivity contribution in [1.82, 2.24) is 30.1 Å². The van der Waals surface area contributed by atoms with Crippen molar-refractivity contribution in [3.05, 3.63) is 36.3 Å². The molecule has 4 rings (SSSR count). The second kappa shape index (κ2) is 6.11. The third-order valence-corrected chi connectivity index (χ3v) is 4.42. The number of rotatable bonds is 5. The first kappa shape index (κ1) is 16.0. The Bertz CT molecular complexity index is 844. The molecule has 1 aliphatic rings. The molecule has 8 heteroatoms. The summed E-state index contributed by atoms with van der Waals surface area (Å²) < 4.78 is 7.09. The summed E-state index contributed by atoms with van der Waals surface area (Å²) in [5.74, 6) is 3.34. The van der Waals surface area contributed by atoms with Gasteiger partial charge in [0.2, 0.25) is 0 Å². The van der Waals surface area contributed by atoms with E-state index >= 15 is 0 Å². The van der Waals surface area contributed by atoms with Gasteiger partial charge < -0.3 is 14.6 Å². The van der Waals surface area contributed by atoms with Crippen LogP contribution in [0.25, 0.3) is 5.65 Å². The van der Waals surface area contributed by atoms with Crippen LogP contribution < -0.4 is 10.2 Å². The van der Waals surface area contributed by atoms with Crippen LogP contribution in [0.2, 0.25) is 0 Å². The molecular formula is C17H23N7O. The molecule has 0 bridgehead atoms. The average molecular weight is 341 g/mol. The Morgan fingerprint density at radius 1 is 1.24 bits per heavy atom. The van der Waals surface area contributed by atoms with Crippen molar-refractivity contribution in [3.8, 4) is 0 Å². The van der Waals surface area contributed by atoms with Crippen molar-refractivity contribution in [3.63, 3.8) is 0 Å². The van der Waals surface area contributed by atoms with Gasteiger partial charge in [-0.1, -0.05) is 20.8 Å². The minimum atomic E-state index is -0.0901. The Morgan fingerprint density at radius 2 is 2.08 bits per heavy atom. The topological polar surface area (TPSA) is 84.4 Å². The average Bonchev–Trinajstić information content (AvgIpc) is 3.17. The predicted molar refractivity (Wildman–Crippen MR) is 93.4 cm³/mol. The van der Waals surface area contributed by atoms with Crippen molar-refractivity contribution in [1.29, 1.82) is 0 Å². The quantitative estimate of drug-likeness (QED) is 0.755. The van der Waals surface area contributed by atoms with Gasteiger partial charge in [-0.2, -0.15) is 4.52 Å². The highest BCUT2D eigenvalue weighted by atomic mass is 16.3. The molecule has 25 heavy (non-hydrogen) atoms. The number of aromatic nitrogens is 5. The van der Waals surface area contributed by atoms with Crippen LogP contribution in [0.4, 0.5) is 5.82 Å². The van der Waals surface area contributed by atoms with Crippen molar-refractivity contribution >= 4 is 11.5 Å². The molecule has 4 heterocycles. The zero-order valence-corrected chi connectivity index (χ0v) is 14.8. The van der Waals surface area contributed by atoms with E-state index in [1.165, 1.54) is 6.39 Å². The fourth-order valence-corrected chi connectivity index (χ4v) is 3.03. The molecule has 8 nitrogen and oxygen atoms in total. The number of hydrogen-bond donors (Lipinski definition) is 1. The fraction of sp³-hybridized carbons (Fsp3) is 0.529. The summed E-state index contributed by atoms with van der Waals surface area (Å²) in [5.41, 5.74) is 0.701. The smallest absolute Gasteiger partial charge is 0.180 e. The van der Waals surface area contributed by atoms with Gasteiger partial charge in [-0.05, 0) is 12.1 Å². The summed E-state index contributed by atoms with van der Waals surface area (Å²) in [6, 6.07) is 4.01. The lowest BCUT2D eigenvalue weighted by Gasteiger charge is -2.40. The van der Waals surface area contributed by atoms with E-state index in [1.807, 2.05) is 16.6 Å². The molecule has 0 spiro atoms. The molecule has 132 valence electrons. The van der Waals surface area contributed by atoms with Gasteiger partial charge in [0, 0.05) is 31.0 Å². The van der Waals surface area contributed by atoms with E-state index in [4.69, 9.17) is 9.52 Å². The lowest BCUT2D eigenvalue weighted by Crippen LogP contribution is -2.51. The third-order valence-electron chi connectivity index (χ3n) is 4.42. The number of hydrogen-bond acceptors (Lipinski definition) is 7. The molecule has 3 aromatic heterocycles. The van der Waals surface area contributed by atoms with E-state index < -0.39 is 0 Å². The first-order chi connectivity index (χ1) is 12.0. The van der Waals surface area contributed by atoms with Crippen LogP contribution in [-0.4, -0.2) is 44.4 Å². The van der Waals surface area contributed by atoms with Crippen molar-refractivity contribution in [2.45, 2.75) is 32.7 Å². The summed E-state index contributed by atoms with van der Waals surface area (Å²) in [7, 11) is 0. The second-order valence-electron chi connectivity index (χ2n) is 7.60. The summed E-state index contributed by atoms with van der Waals surface area (Å²) in [5, 5.41) is 16.7. The van der Waals surface area contributed by atoms with Crippen LogP contribution >= 0.6 is 0 Å². The third kappa shape index (κ3) is 3.21. The number of nitrogens with one attached hydrogen (secondary N) is 1. The minimum Gasteiger partial charge on any atom is -0.447 e. The Hall–Kier alpha value is -2.48. The van der Waals surface area contributed by atoms with Gasteiger partial charge in [-0.3, -0.25) is 0 Å². The minimum absolute atomic E-state index is 0.0901. The molecule has 0 atom stereocenters. The second-order valence-corrected chi connectivity index (χ2v) is 7.60. The highest BCUT2D eigenvalue weighted by Crippen LogP contribution is 2.25. The molecule has 1 fully saturated rings. The first-order valence-corrected chi connectivity index (χ1v) is 8.57.